The molecule has 0 aliphatic carbocycles. The van der Waals surface area contributed by atoms with Crippen LogP contribution in [0.3, 0.4) is 0 Å². The molecule has 7 N–H and O–H groups in total. The fraction of sp³-hybridized carbons (Fsp3) is 0.606. The van der Waals surface area contributed by atoms with E-state index < -0.39 is 41.5 Å². The fourth-order valence-electron chi connectivity index (χ4n) is 5.10. The van der Waals surface area contributed by atoms with Gasteiger partial charge in [-0.3, -0.25) is 24.0 Å². The van der Waals surface area contributed by atoms with E-state index >= 15 is 0 Å². The molecular weight excluding hydrogens is 672 g/mol. The van der Waals surface area contributed by atoms with Crippen molar-refractivity contribution < 1.29 is 38.4 Å². The number of halogens is 1. The average molecular weight is 726 g/mol. The molecule has 1 rings (SSSR count). The van der Waals surface area contributed by atoms with E-state index in [1.54, 1.807) is 49.3 Å². The third kappa shape index (κ3) is 15.1. The van der Waals surface area contributed by atoms with Gasteiger partial charge in [-0.15, -0.1) is 0 Å². The molecule has 0 aromatic heterocycles. The topological polar surface area (TPSA) is 186 Å². The van der Waals surface area contributed by atoms with E-state index in [0.717, 1.165) is 12.1 Å². The minimum absolute atomic E-state index is 0.00257. The van der Waals surface area contributed by atoms with Gasteiger partial charge in [0.1, 0.15) is 5.82 Å². The molecule has 0 saturated heterocycles. The first-order valence-corrected chi connectivity index (χ1v) is 18.8. The molecular formula is C33H53BFN5O7S2. The highest BCUT2D eigenvalue weighted by atomic mass is 33.1. The molecule has 0 radical (unpaired) electrons. The van der Waals surface area contributed by atoms with Crippen LogP contribution in [-0.2, 0) is 19.2 Å². The van der Waals surface area contributed by atoms with E-state index in [0.29, 0.717) is 36.6 Å². The molecule has 0 saturated carbocycles. The number of benzene rings is 1. The Kier molecular flexibility index (Phi) is 19.0. The lowest BCUT2D eigenvalue weighted by molar-refractivity contribution is -0.139. The van der Waals surface area contributed by atoms with Crippen LogP contribution in [0.1, 0.15) is 78.1 Å². The standard InChI is InChI=1S/C33H53BFN5O7S2/c1-9-32(7,30(44)39-15-17-49-48-16-14-37-27(41)21(2)3)20-33(8,19-23(6)28(42)40-22(4)5)31(45)38-13-12-36-29(43)25-11-10-24(34(46)47)18-26(25)35/h10-11,18,22-23,46-47H,2,9,12-17,19-20H2,1,3-8H3,(H,36,43)(H,37,41)(H,38,45)(H,39,44)(H,40,42). The van der Waals surface area contributed by atoms with E-state index in [1.165, 1.54) is 6.07 Å². The van der Waals surface area contributed by atoms with E-state index in [9.17, 15) is 38.4 Å². The molecule has 0 aliphatic heterocycles. The molecule has 0 heterocycles. The Balaban J connectivity index is 2.88. The zero-order chi connectivity index (χ0) is 37.4. The Labute approximate surface area is 297 Å². The Hall–Kier alpha value is -3.08. The van der Waals surface area contributed by atoms with Gasteiger partial charge in [0.2, 0.25) is 23.6 Å². The van der Waals surface area contributed by atoms with Crippen LogP contribution in [0.5, 0.6) is 0 Å². The number of carbonyl (C=O) groups excluding carboxylic acids is 5. The van der Waals surface area contributed by atoms with Gasteiger partial charge in [0.05, 0.1) is 5.56 Å². The Morgan fingerprint density at radius 2 is 1.45 bits per heavy atom. The number of hydrogen-bond donors (Lipinski definition) is 7. The highest BCUT2D eigenvalue weighted by Gasteiger charge is 2.45. The zero-order valence-corrected chi connectivity index (χ0v) is 31.3. The number of hydrogen-bond acceptors (Lipinski definition) is 9. The summed E-state index contributed by atoms with van der Waals surface area (Å²) >= 11 is 0. The third-order valence-corrected chi connectivity index (χ3v) is 10.3. The SMILES string of the molecule is C=C(C)C(=O)NCCSSCCNC(=O)C(C)(CC)CC(C)(CC(C)C(=O)NC(C)C)C(=O)NCCNC(=O)c1ccc(B(O)O)cc1F. The molecule has 0 spiro atoms. The van der Waals surface area contributed by atoms with Crippen LogP contribution >= 0.6 is 21.6 Å². The molecule has 0 fully saturated rings. The van der Waals surface area contributed by atoms with Crippen molar-refractivity contribution in [2.75, 3.05) is 37.7 Å². The van der Waals surface area contributed by atoms with Gasteiger partial charge in [-0.25, -0.2) is 4.39 Å². The summed E-state index contributed by atoms with van der Waals surface area (Å²) < 4.78 is 14.3. The number of nitrogens with one attached hydrogen (secondary N) is 5. The summed E-state index contributed by atoms with van der Waals surface area (Å²) in [5, 5.41) is 32.4. The van der Waals surface area contributed by atoms with Crippen LogP contribution < -0.4 is 32.0 Å². The Bertz CT molecular complexity index is 1320. The largest absolute Gasteiger partial charge is 0.488 e. The van der Waals surface area contributed by atoms with Crippen LogP contribution in [0.25, 0.3) is 0 Å². The monoisotopic (exact) mass is 725 g/mol. The normalized spacial score (nSPS) is 14.1. The van der Waals surface area contributed by atoms with Crippen molar-refractivity contribution in [2.24, 2.45) is 16.7 Å². The maximum absolute atomic E-state index is 14.3. The van der Waals surface area contributed by atoms with Gasteiger partial charge in [0.25, 0.3) is 5.91 Å². The Morgan fingerprint density at radius 1 is 0.898 bits per heavy atom. The molecule has 3 unspecified atom stereocenters. The van der Waals surface area contributed by atoms with E-state index in [1.807, 2.05) is 20.8 Å². The summed E-state index contributed by atoms with van der Waals surface area (Å²) in [7, 11) is 1.27. The summed E-state index contributed by atoms with van der Waals surface area (Å²) in [6.45, 7) is 17.0. The Morgan fingerprint density at radius 3 is 1.98 bits per heavy atom. The number of rotatable bonds is 22. The minimum Gasteiger partial charge on any atom is -0.423 e. The molecule has 3 atom stereocenters. The van der Waals surface area contributed by atoms with Crippen molar-refractivity contribution >= 4 is 63.7 Å². The number of amides is 5. The maximum Gasteiger partial charge on any atom is 0.488 e. The van der Waals surface area contributed by atoms with Crippen LogP contribution in [-0.4, -0.2) is 90.4 Å². The first-order chi connectivity index (χ1) is 22.9. The molecule has 0 aliphatic rings. The van der Waals surface area contributed by atoms with Crippen molar-refractivity contribution in [3.05, 3.63) is 41.7 Å². The average Bonchev–Trinajstić information content (AvgIpc) is 3.02. The van der Waals surface area contributed by atoms with Crippen LogP contribution in [0.15, 0.2) is 30.4 Å². The van der Waals surface area contributed by atoms with Gasteiger partial charge in [-0.2, -0.15) is 0 Å². The van der Waals surface area contributed by atoms with Crippen molar-refractivity contribution in [3.63, 3.8) is 0 Å². The molecule has 0 bridgehead atoms. The first kappa shape index (κ1) is 43.9. The summed E-state index contributed by atoms with van der Waals surface area (Å²) in [6.07, 6.45) is 0.750. The van der Waals surface area contributed by atoms with Gasteiger partial charge in [-0.1, -0.05) is 61.9 Å². The smallest absolute Gasteiger partial charge is 0.423 e. The summed E-state index contributed by atoms with van der Waals surface area (Å²) in [4.78, 5) is 64.2. The summed E-state index contributed by atoms with van der Waals surface area (Å²) in [5.74, 6) is -1.86. The van der Waals surface area contributed by atoms with Crippen molar-refractivity contribution in [3.8, 4) is 0 Å². The quantitative estimate of drug-likeness (QED) is 0.0406. The number of carbonyl (C=O) groups is 5. The molecule has 1 aromatic rings. The lowest BCUT2D eigenvalue weighted by Crippen LogP contribution is -2.50. The maximum atomic E-state index is 14.3. The van der Waals surface area contributed by atoms with Crippen LogP contribution in [0.4, 0.5) is 4.39 Å². The summed E-state index contributed by atoms with van der Waals surface area (Å²) in [6, 6.07) is 3.13. The highest BCUT2D eigenvalue weighted by molar-refractivity contribution is 8.76. The fourth-order valence-corrected chi connectivity index (χ4v) is 6.91. The first-order valence-electron chi connectivity index (χ1n) is 16.4. The predicted octanol–water partition coefficient (Wildman–Crippen LogP) is 1.90. The predicted molar refractivity (Wildman–Crippen MR) is 195 cm³/mol. The molecule has 16 heteroatoms. The molecule has 274 valence electrons. The molecule has 12 nitrogen and oxygen atoms in total. The second kappa shape index (κ2) is 21.2. The van der Waals surface area contributed by atoms with Crippen molar-refractivity contribution in [1.29, 1.82) is 0 Å². The van der Waals surface area contributed by atoms with Gasteiger partial charge >= 0.3 is 7.12 Å². The highest BCUT2D eigenvalue weighted by Crippen LogP contribution is 2.41. The van der Waals surface area contributed by atoms with Crippen molar-refractivity contribution in [2.45, 2.75) is 73.8 Å². The van der Waals surface area contributed by atoms with E-state index in [4.69, 9.17) is 0 Å². The van der Waals surface area contributed by atoms with Crippen LogP contribution in [0, 0.1) is 22.6 Å². The van der Waals surface area contributed by atoms with E-state index in [2.05, 4.69) is 33.2 Å². The zero-order valence-electron chi connectivity index (χ0n) is 29.7. The van der Waals surface area contributed by atoms with Crippen LogP contribution in [0.2, 0.25) is 0 Å². The van der Waals surface area contributed by atoms with Gasteiger partial charge < -0.3 is 36.6 Å². The molecule has 49 heavy (non-hydrogen) atoms. The lowest BCUT2D eigenvalue weighted by Gasteiger charge is -2.38. The molecule has 5 amide bonds. The van der Waals surface area contributed by atoms with Gasteiger partial charge in [0, 0.05) is 66.0 Å². The minimum atomic E-state index is -1.88. The van der Waals surface area contributed by atoms with Crippen molar-refractivity contribution in [1.82, 2.24) is 26.6 Å². The van der Waals surface area contributed by atoms with E-state index in [-0.39, 0.29) is 60.7 Å². The second-order valence-electron chi connectivity index (χ2n) is 13.0. The lowest BCUT2D eigenvalue weighted by atomic mass is 9.67. The molecule has 1 aromatic carbocycles. The second-order valence-corrected chi connectivity index (χ2v) is 15.7. The third-order valence-electron chi connectivity index (χ3n) is 7.94. The van der Waals surface area contributed by atoms with Gasteiger partial charge in [0.15, 0.2) is 0 Å². The van der Waals surface area contributed by atoms with Gasteiger partial charge in [-0.05, 0) is 57.6 Å². The summed E-state index contributed by atoms with van der Waals surface area (Å²) in [5.41, 5.74) is -2.02.